The maximum Gasteiger partial charge on any atom is 0.282 e. The highest BCUT2D eigenvalue weighted by atomic mass is 16.6. The molecule has 6 nitrogen and oxygen atoms in total. The lowest BCUT2D eigenvalue weighted by Gasteiger charge is -2.27. The van der Waals surface area contributed by atoms with Crippen LogP contribution < -0.4 is 0 Å². The molecule has 0 N–H and O–H groups in total. The van der Waals surface area contributed by atoms with Crippen molar-refractivity contribution in [1.82, 2.24) is 4.90 Å². The van der Waals surface area contributed by atoms with E-state index >= 15 is 0 Å². The number of morpholine rings is 1. The molecule has 21 heavy (non-hydrogen) atoms. The summed E-state index contributed by atoms with van der Waals surface area (Å²) in [6.45, 7) is 7.83. The van der Waals surface area contributed by atoms with Crippen molar-refractivity contribution in [3.63, 3.8) is 0 Å². The molecule has 6 heteroatoms. The first kappa shape index (κ1) is 15.4. The van der Waals surface area contributed by atoms with Crippen LogP contribution in [0.1, 0.15) is 36.7 Å². The van der Waals surface area contributed by atoms with E-state index in [2.05, 4.69) is 0 Å². The minimum atomic E-state index is -0.483. The number of hydrogen-bond acceptors (Lipinski definition) is 4. The molecule has 0 unspecified atom stereocenters. The molecule has 0 saturated carbocycles. The zero-order chi connectivity index (χ0) is 15.6. The third-order valence-electron chi connectivity index (χ3n) is 3.59. The number of nitro benzene ring substituents is 1. The maximum absolute atomic E-state index is 12.5. The second kappa shape index (κ2) is 5.81. The van der Waals surface area contributed by atoms with E-state index in [0.29, 0.717) is 26.3 Å². The number of ether oxygens (including phenoxy) is 1. The molecular formula is C15H20N2O4. The van der Waals surface area contributed by atoms with Crippen molar-refractivity contribution in [3.8, 4) is 0 Å². The van der Waals surface area contributed by atoms with E-state index in [9.17, 15) is 14.9 Å². The Labute approximate surface area is 123 Å². The van der Waals surface area contributed by atoms with Crippen molar-refractivity contribution in [2.24, 2.45) is 0 Å². The second-order valence-electron chi connectivity index (χ2n) is 6.14. The summed E-state index contributed by atoms with van der Waals surface area (Å²) in [5, 5.41) is 11.3. The first-order valence-corrected chi connectivity index (χ1v) is 6.96. The SMILES string of the molecule is CC(C)(C)c1ccc(C(=O)N2CCOCC2)c([N+](=O)[O-])c1. The molecule has 1 aliphatic rings. The van der Waals surface area contributed by atoms with Gasteiger partial charge in [0.05, 0.1) is 18.1 Å². The largest absolute Gasteiger partial charge is 0.378 e. The third kappa shape index (κ3) is 3.39. The van der Waals surface area contributed by atoms with E-state index < -0.39 is 4.92 Å². The predicted octanol–water partition coefficient (Wildman–Crippen LogP) is 2.36. The number of rotatable bonds is 2. The van der Waals surface area contributed by atoms with Crippen LogP contribution in [0, 0.1) is 10.1 Å². The lowest BCUT2D eigenvalue weighted by molar-refractivity contribution is -0.385. The van der Waals surface area contributed by atoms with Gasteiger partial charge < -0.3 is 9.64 Å². The molecule has 0 aromatic heterocycles. The van der Waals surface area contributed by atoms with Crippen LogP contribution in [0.2, 0.25) is 0 Å². The molecule has 1 saturated heterocycles. The molecule has 1 fully saturated rings. The average molecular weight is 292 g/mol. The summed E-state index contributed by atoms with van der Waals surface area (Å²) in [5.41, 5.74) is 0.659. The molecular weight excluding hydrogens is 272 g/mol. The van der Waals surface area contributed by atoms with Gasteiger partial charge in [-0.15, -0.1) is 0 Å². The number of nitrogens with zero attached hydrogens (tertiary/aromatic N) is 2. The summed E-state index contributed by atoms with van der Waals surface area (Å²) in [5.74, 6) is -0.301. The second-order valence-corrected chi connectivity index (χ2v) is 6.14. The van der Waals surface area contributed by atoms with Gasteiger partial charge in [0.2, 0.25) is 0 Å². The maximum atomic E-state index is 12.5. The fourth-order valence-electron chi connectivity index (χ4n) is 2.27. The van der Waals surface area contributed by atoms with Gasteiger partial charge in [-0.1, -0.05) is 26.8 Å². The van der Waals surface area contributed by atoms with E-state index in [4.69, 9.17) is 4.74 Å². The molecule has 1 heterocycles. The van der Waals surface area contributed by atoms with E-state index in [1.807, 2.05) is 20.8 Å². The van der Waals surface area contributed by atoms with Crippen LogP contribution in [-0.4, -0.2) is 42.0 Å². The van der Waals surface area contributed by atoms with Crippen LogP contribution >= 0.6 is 0 Å². The monoisotopic (exact) mass is 292 g/mol. The molecule has 0 spiro atoms. The molecule has 1 aromatic rings. The van der Waals surface area contributed by atoms with E-state index in [1.165, 1.54) is 6.07 Å². The fraction of sp³-hybridized carbons (Fsp3) is 0.533. The molecule has 1 aliphatic heterocycles. The van der Waals surface area contributed by atoms with Gasteiger partial charge in [0, 0.05) is 19.2 Å². The highest BCUT2D eigenvalue weighted by Crippen LogP contribution is 2.29. The number of nitro groups is 1. The molecule has 2 rings (SSSR count). The summed E-state index contributed by atoms with van der Waals surface area (Å²) in [6, 6.07) is 4.87. The van der Waals surface area contributed by atoms with Crippen LogP contribution in [-0.2, 0) is 10.2 Å². The summed E-state index contributed by atoms with van der Waals surface area (Å²) < 4.78 is 5.20. The minimum absolute atomic E-state index is 0.126. The fourth-order valence-corrected chi connectivity index (χ4v) is 2.27. The Hall–Kier alpha value is -1.95. The summed E-state index contributed by atoms with van der Waals surface area (Å²) in [4.78, 5) is 24.9. The lowest BCUT2D eigenvalue weighted by atomic mass is 9.86. The number of hydrogen-bond donors (Lipinski definition) is 0. The van der Waals surface area contributed by atoms with Crippen LogP contribution in [0.4, 0.5) is 5.69 Å². The molecule has 114 valence electrons. The molecule has 0 radical (unpaired) electrons. The normalized spacial score (nSPS) is 15.9. The predicted molar refractivity (Wildman–Crippen MR) is 78.5 cm³/mol. The van der Waals surface area contributed by atoms with Crippen molar-refractivity contribution in [2.75, 3.05) is 26.3 Å². The van der Waals surface area contributed by atoms with Crippen LogP contribution in [0.15, 0.2) is 18.2 Å². The van der Waals surface area contributed by atoms with Crippen LogP contribution in [0.5, 0.6) is 0 Å². The highest BCUT2D eigenvalue weighted by Gasteiger charge is 2.28. The summed E-state index contributed by atoms with van der Waals surface area (Å²) in [7, 11) is 0. The Morgan fingerprint density at radius 2 is 1.90 bits per heavy atom. The number of amides is 1. The Morgan fingerprint density at radius 1 is 1.29 bits per heavy atom. The summed E-state index contributed by atoms with van der Waals surface area (Å²) in [6.07, 6.45) is 0. The Morgan fingerprint density at radius 3 is 2.43 bits per heavy atom. The van der Waals surface area contributed by atoms with Crippen molar-refractivity contribution in [2.45, 2.75) is 26.2 Å². The number of benzene rings is 1. The molecule has 1 amide bonds. The van der Waals surface area contributed by atoms with Crippen molar-refractivity contribution >= 4 is 11.6 Å². The van der Waals surface area contributed by atoms with Gasteiger partial charge in [0.1, 0.15) is 5.56 Å². The lowest BCUT2D eigenvalue weighted by Crippen LogP contribution is -2.40. The first-order chi connectivity index (χ1) is 9.80. The van der Waals surface area contributed by atoms with Crippen LogP contribution in [0.3, 0.4) is 0 Å². The van der Waals surface area contributed by atoms with Gasteiger partial charge in [-0.2, -0.15) is 0 Å². The zero-order valence-electron chi connectivity index (χ0n) is 12.6. The third-order valence-corrected chi connectivity index (χ3v) is 3.59. The van der Waals surface area contributed by atoms with Crippen molar-refractivity contribution in [1.29, 1.82) is 0 Å². The quantitative estimate of drug-likeness (QED) is 0.619. The highest BCUT2D eigenvalue weighted by molar-refractivity contribution is 5.98. The molecule has 0 bridgehead atoms. The molecule has 0 aliphatic carbocycles. The van der Waals surface area contributed by atoms with Crippen molar-refractivity contribution < 1.29 is 14.5 Å². The zero-order valence-corrected chi connectivity index (χ0v) is 12.6. The topological polar surface area (TPSA) is 72.7 Å². The van der Waals surface area contributed by atoms with Gasteiger partial charge in [0.25, 0.3) is 11.6 Å². The van der Waals surface area contributed by atoms with Crippen LogP contribution in [0.25, 0.3) is 0 Å². The van der Waals surface area contributed by atoms with Gasteiger partial charge in [-0.05, 0) is 17.0 Å². The van der Waals surface area contributed by atoms with E-state index in [1.54, 1.807) is 17.0 Å². The Balaban J connectivity index is 2.38. The Bertz CT molecular complexity index is 557. The van der Waals surface area contributed by atoms with Gasteiger partial charge >= 0.3 is 0 Å². The van der Waals surface area contributed by atoms with Gasteiger partial charge in [0.15, 0.2) is 0 Å². The number of carbonyl (C=O) groups is 1. The summed E-state index contributed by atoms with van der Waals surface area (Å²) >= 11 is 0. The Kier molecular flexibility index (Phi) is 4.27. The van der Waals surface area contributed by atoms with Gasteiger partial charge in [-0.25, -0.2) is 0 Å². The van der Waals surface area contributed by atoms with E-state index in [0.717, 1.165) is 5.56 Å². The van der Waals surface area contributed by atoms with Crippen molar-refractivity contribution in [3.05, 3.63) is 39.4 Å². The number of carbonyl (C=O) groups excluding carboxylic acids is 1. The minimum Gasteiger partial charge on any atom is -0.378 e. The van der Waals surface area contributed by atoms with Gasteiger partial charge in [-0.3, -0.25) is 14.9 Å². The first-order valence-electron chi connectivity index (χ1n) is 6.96. The molecule has 1 aromatic carbocycles. The standard InChI is InChI=1S/C15H20N2O4/c1-15(2,3)11-4-5-12(13(10-11)17(19)20)14(18)16-6-8-21-9-7-16/h4-5,10H,6-9H2,1-3H3. The smallest absolute Gasteiger partial charge is 0.282 e. The van der Waals surface area contributed by atoms with E-state index in [-0.39, 0.29) is 22.6 Å². The molecule has 0 atom stereocenters. The average Bonchev–Trinajstić information content (AvgIpc) is 2.45.